The quantitative estimate of drug-likeness (QED) is 0.702. The molecule has 0 heterocycles. The molecule has 2 unspecified atom stereocenters. The van der Waals surface area contributed by atoms with E-state index in [1.807, 2.05) is 0 Å². The van der Waals surface area contributed by atoms with Crippen molar-refractivity contribution in [1.82, 2.24) is 0 Å². The van der Waals surface area contributed by atoms with Crippen molar-refractivity contribution in [1.29, 1.82) is 0 Å². The van der Waals surface area contributed by atoms with E-state index in [2.05, 4.69) is 6.92 Å². The van der Waals surface area contributed by atoms with Crippen molar-refractivity contribution in [3.63, 3.8) is 0 Å². The van der Waals surface area contributed by atoms with Crippen LogP contribution >= 0.6 is 0 Å². The third-order valence-corrected chi connectivity index (χ3v) is 3.63. The van der Waals surface area contributed by atoms with Crippen molar-refractivity contribution in [3.8, 4) is 0 Å². The van der Waals surface area contributed by atoms with Gasteiger partial charge in [0.2, 0.25) is 0 Å². The average Bonchev–Trinajstić information content (AvgIpc) is 2.55. The number of hydrogen-bond acceptors (Lipinski definition) is 1. The second kappa shape index (κ2) is 2.48. The number of carbonyl (C=O) groups is 1. The Balaban J connectivity index is 1.84. The van der Waals surface area contributed by atoms with Crippen LogP contribution in [0.3, 0.4) is 0 Å². The Hall–Kier alpha value is -0.530. The van der Waals surface area contributed by atoms with Crippen molar-refractivity contribution in [2.24, 2.45) is 17.3 Å². The third kappa shape index (κ3) is 1.23. The maximum atomic E-state index is 10.7. The van der Waals surface area contributed by atoms with E-state index in [1.165, 1.54) is 19.3 Å². The molecule has 12 heavy (non-hydrogen) atoms. The van der Waals surface area contributed by atoms with Gasteiger partial charge >= 0.3 is 5.97 Å². The van der Waals surface area contributed by atoms with Gasteiger partial charge in [0.1, 0.15) is 0 Å². The van der Waals surface area contributed by atoms with Crippen molar-refractivity contribution in [3.05, 3.63) is 0 Å². The van der Waals surface area contributed by atoms with Crippen LogP contribution in [-0.2, 0) is 4.79 Å². The van der Waals surface area contributed by atoms with Gasteiger partial charge in [0, 0.05) is 0 Å². The predicted molar refractivity (Wildman–Crippen MR) is 45.8 cm³/mol. The predicted octanol–water partition coefficient (Wildman–Crippen LogP) is 2.29. The molecular formula is C10H16O2. The maximum absolute atomic E-state index is 10.7. The van der Waals surface area contributed by atoms with Gasteiger partial charge in [-0.05, 0) is 24.2 Å². The molecule has 2 saturated carbocycles. The number of carboxylic acid groups (broad SMARTS) is 1. The number of aliphatic carboxylic acids is 1. The highest BCUT2D eigenvalue weighted by molar-refractivity contribution is 5.74. The van der Waals surface area contributed by atoms with Gasteiger partial charge in [-0.25, -0.2) is 0 Å². The van der Waals surface area contributed by atoms with Gasteiger partial charge in [-0.3, -0.25) is 4.79 Å². The molecule has 2 nitrogen and oxygen atoms in total. The largest absolute Gasteiger partial charge is 0.481 e. The Morgan fingerprint density at radius 1 is 1.58 bits per heavy atom. The van der Waals surface area contributed by atoms with Crippen molar-refractivity contribution < 1.29 is 9.90 Å². The molecule has 0 aromatic rings. The fraction of sp³-hybridized carbons (Fsp3) is 0.900. The highest BCUT2D eigenvalue weighted by atomic mass is 16.4. The highest BCUT2D eigenvalue weighted by Gasteiger charge is 2.55. The van der Waals surface area contributed by atoms with Crippen LogP contribution in [0.25, 0.3) is 0 Å². The molecule has 2 aliphatic rings. The molecule has 1 N–H and O–H groups in total. The van der Waals surface area contributed by atoms with E-state index < -0.39 is 5.97 Å². The summed E-state index contributed by atoms with van der Waals surface area (Å²) >= 11 is 0. The zero-order valence-corrected chi connectivity index (χ0v) is 7.55. The Labute approximate surface area is 73.0 Å². The molecule has 68 valence electrons. The molecule has 0 aromatic heterocycles. The minimum atomic E-state index is -0.586. The Bertz CT molecular complexity index is 208. The van der Waals surface area contributed by atoms with Crippen LogP contribution in [0.15, 0.2) is 0 Å². The van der Waals surface area contributed by atoms with Gasteiger partial charge in [-0.1, -0.05) is 26.2 Å². The smallest absolute Gasteiger partial charge is 0.307 e. The SMILES string of the molecule is CC1(CC2CCC2)CC1C(=O)O. The summed E-state index contributed by atoms with van der Waals surface area (Å²) in [6.07, 6.45) is 6.10. The average molecular weight is 168 g/mol. The van der Waals surface area contributed by atoms with E-state index >= 15 is 0 Å². The number of rotatable bonds is 3. The summed E-state index contributed by atoms with van der Waals surface area (Å²) in [5.74, 6) is 0.231. The topological polar surface area (TPSA) is 37.3 Å². The van der Waals surface area contributed by atoms with Crippen LogP contribution in [0.5, 0.6) is 0 Å². The molecule has 0 radical (unpaired) electrons. The van der Waals surface area contributed by atoms with Crippen molar-refractivity contribution in [2.75, 3.05) is 0 Å². The lowest BCUT2D eigenvalue weighted by Crippen LogP contribution is -2.17. The molecule has 2 atom stereocenters. The lowest BCUT2D eigenvalue weighted by molar-refractivity contribution is -0.139. The number of carboxylic acids is 1. The van der Waals surface area contributed by atoms with Crippen LogP contribution in [0.2, 0.25) is 0 Å². The van der Waals surface area contributed by atoms with Crippen LogP contribution < -0.4 is 0 Å². The van der Waals surface area contributed by atoms with Gasteiger partial charge in [-0.2, -0.15) is 0 Å². The maximum Gasteiger partial charge on any atom is 0.307 e. The second-order valence-electron chi connectivity index (χ2n) is 4.75. The lowest BCUT2D eigenvalue weighted by atomic mass is 9.77. The molecule has 0 bridgehead atoms. The molecule has 2 fully saturated rings. The van der Waals surface area contributed by atoms with Crippen LogP contribution in [-0.4, -0.2) is 11.1 Å². The van der Waals surface area contributed by atoms with E-state index in [0.29, 0.717) is 0 Å². The third-order valence-electron chi connectivity index (χ3n) is 3.63. The van der Waals surface area contributed by atoms with Crippen molar-refractivity contribution in [2.45, 2.75) is 39.0 Å². The van der Waals surface area contributed by atoms with Gasteiger partial charge in [0.05, 0.1) is 5.92 Å². The fourth-order valence-corrected chi connectivity index (χ4v) is 2.37. The Kier molecular flexibility index (Phi) is 1.67. The highest BCUT2D eigenvalue weighted by Crippen LogP contribution is 2.58. The van der Waals surface area contributed by atoms with E-state index in [0.717, 1.165) is 18.8 Å². The molecular weight excluding hydrogens is 152 g/mol. The molecule has 0 saturated heterocycles. The minimum absolute atomic E-state index is 0.0295. The summed E-state index contributed by atoms with van der Waals surface area (Å²) in [5, 5.41) is 8.79. The molecule has 2 heteroatoms. The van der Waals surface area contributed by atoms with Crippen LogP contribution in [0, 0.1) is 17.3 Å². The van der Waals surface area contributed by atoms with Crippen LogP contribution in [0.1, 0.15) is 39.0 Å². The summed E-state index contributed by atoms with van der Waals surface area (Å²) in [7, 11) is 0. The molecule has 0 amide bonds. The molecule has 0 aromatic carbocycles. The van der Waals surface area contributed by atoms with E-state index in [-0.39, 0.29) is 11.3 Å². The van der Waals surface area contributed by atoms with Crippen molar-refractivity contribution >= 4 is 5.97 Å². The van der Waals surface area contributed by atoms with Gasteiger partial charge in [-0.15, -0.1) is 0 Å². The van der Waals surface area contributed by atoms with E-state index in [4.69, 9.17) is 5.11 Å². The molecule has 0 spiro atoms. The molecule has 2 rings (SSSR count). The monoisotopic (exact) mass is 168 g/mol. The van der Waals surface area contributed by atoms with E-state index in [1.54, 1.807) is 0 Å². The normalized spacial score (nSPS) is 40.6. The zero-order chi connectivity index (χ0) is 8.77. The first-order chi connectivity index (χ1) is 5.62. The fourth-order valence-electron chi connectivity index (χ4n) is 2.37. The summed E-state index contributed by atoms with van der Waals surface area (Å²) in [4.78, 5) is 10.7. The Morgan fingerprint density at radius 3 is 2.58 bits per heavy atom. The first-order valence-corrected chi connectivity index (χ1v) is 4.85. The molecule has 2 aliphatic carbocycles. The lowest BCUT2D eigenvalue weighted by Gasteiger charge is -2.28. The number of hydrogen-bond donors (Lipinski definition) is 1. The van der Waals surface area contributed by atoms with E-state index in [9.17, 15) is 4.79 Å². The van der Waals surface area contributed by atoms with Crippen LogP contribution in [0.4, 0.5) is 0 Å². The second-order valence-corrected chi connectivity index (χ2v) is 4.75. The first kappa shape index (κ1) is 8.09. The zero-order valence-electron chi connectivity index (χ0n) is 7.55. The first-order valence-electron chi connectivity index (χ1n) is 4.85. The summed E-state index contributed by atoms with van der Waals surface area (Å²) in [6.45, 7) is 2.13. The summed E-state index contributed by atoms with van der Waals surface area (Å²) in [6, 6.07) is 0. The summed E-state index contributed by atoms with van der Waals surface area (Å²) < 4.78 is 0. The minimum Gasteiger partial charge on any atom is -0.481 e. The molecule has 0 aliphatic heterocycles. The Morgan fingerprint density at radius 2 is 2.25 bits per heavy atom. The summed E-state index contributed by atoms with van der Waals surface area (Å²) in [5.41, 5.74) is 0.164. The standard InChI is InChI=1S/C10H16O2/c1-10(5-7-3-2-4-7)6-8(10)9(11)12/h7-8H,2-6H2,1H3,(H,11,12). The van der Waals surface area contributed by atoms with Gasteiger partial charge in [0.25, 0.3) is 0 Å². The van der Waals surface area contributed by atoms with Gasteiger partial charge < -0.3 is 5.11 Å². The van der Waals surface area contributed by atoms with Gasteiger partial charge in [0.15, 0.2) is 0 Å².